The summed E-state index contributed by atoms with van der Waals surface area (Å²) < 4.78 is 53.2. The van der Waals surface area contributed by atoms with Crippen LogP contribution >= 0.6 is 11.3 Å². The Labute approximate surface area is 410 Å². The highest BCUT2D eigenvalue weighted by Crippen LogP contribution is 2.50. The van der Waals surface area contributed by atoms with E-state index >= 15 is 13.2 Å². The predicted octanol–water partition coefficient (Wildman–Crippen LogP) is 10.6. The van der Waals surface area contributed by atoms with Gasteiger partial charge in [-0.25, -0.2) is 18.2 Å². The molecule has 3 aromatic carbocycles. The molecule has 2 aliphatic heterocycles. The monoisotopic (exact) mass is 970 g/mol. The Balaban J connectivity index is 0.822. The Bertz CT molecular complexity index is 2460. The van der Waals surface area contributed by atoms with Crippen LogP contribution < -0.4 is 15.4 Å². The molecule has 7 rings (SSSR count). The minimum Gasteiger partial charge on any atom is -0.493 e. The molecule has 4 aromatic rings. The minimum absolute atomic E-state index is 0.00929. The number of aliphatic hydroxyl groups excluding tert-OH is 1. The average molecular weight is 970 g/mol. The van der Waals surface area contributed by atoms with Gasteiger partial charge in [0.15, 0.2) is 0 Å². The highest BCUT2D eigenvalue weighted by atomic mass is 32.1. The maximum absolute atomic E-state index is 16.1. The molecular weight excluding hydrogens is 900 g/mol. The van der Waals surface area contributed by atoms with Crippen LogP contribution in [0, 0.1) is 24.0 Å². The van der Waals surface area contributed by atoms with Gasteiger partial charge in [-0.2, -0.15) is 0 Å². The van der Waals surface area contributed by atoms with Crippen molar-refractivity contribution >= 4 is 34.6 Å². The van der Waals surface area contributed by atoms with E-state index in [1.165, 1.54) is 30.9 Å². The first kappa shape index (κ1) is 51.8. The lowest BCUT2D eigenvalue weighted by atomic mass is 9.84. The molecule has 372 valence electrons. The number of nitrogens with zero attached hydrogens (tertiary/aromatic N) is 3. The molecule has 3 amide bonds. The number of β-amino-alcohol motifs (C(OH)–C–C–N with tert-alkyl or cyclic N) is 1. The maximum atomic E-state index is 16.1. The number of ether oxygens (including phenoxy) is 1. The molecule has 0 bridgehead atoms. The second-order valence-electron chi connectivity index (χ2n) is 21.0. The molecule has 3 aliphatic rings. The molecule has 1 aromatic heterocycles. The molecule has 0 saturated carbocycles. The largest absolute Gasteiger partial charge is 0.493 e. The minimum atomic E-state index is -1.56. The molecule has 0 spiro atoms. The van der Waals surface area contributed by atoms with Crippen LogP contribution in [0.1, 0.15) is 140 Å². The number of thiazole rings is 1. The summed E-state index contributed by atoms with van der Waals surface area (Å²) in [4.78, 5) is 49.4. The van der Waals surface area contributed by atoms with E-state index in [9.17, 15) is 19.5 Å². The van der Waals surface area contributed by atoms with E-state index in [1.807, 2.05) is 81.4 Å². The molecule has 14 heteroatoms. The number of fused-ring (bicyclic) bond motifs is 2. The zero-order valence-corrected chi connectivity index (χ0v) is 42.1. The Hall–Kier alpha value is -5.05. The molecule has 1 saturated heterocycles. The molecule has 1 fully saturated rings. The van der Waals surface area contributed by atoms with Gasteiger partial charge < -0.3 is 25.4 Å². The van der Waals surface area contributed by atoms with Crippen LogP contribution in [0.3, 0.4) is 0 Å². The van der Waals surface area contributed by atoms with Crippen molar-refractivity contribution in [3.63, 3.8) is 0 Å². The Morgan fingerprint density at radius 1 is 0.942 bits per heavy atom. The summed E-state index contributed by atoms with van der Waals surface area (Å²) in [5.41, 5.74) is 6.74. The van der Waals surface area contributed by atoms with Gasteiger partial charge in [-0.05, 0) is 92.2 Å². The molecule has 3 N–H and O–H groups in total. The van der Waals surface area contributed by atoms with E-state index in [1.54, 1.807) is 11.3 Å². The average Bonchev–Trinajstić information content (AvgIpc) is 4.01. The Morgan fingerprint density at radius 2 is 1.61 bits per heavy atom. The summed E-state index contributed by atoms with van der Waals surface area (Å²) in [6.07, 6.45) is 6.66. The number of amides is 3. The number of likely N-dealkylation sites (tertiary alicyclic amines) is 1. The summed E-state index contributed by atoms with van der Waals surface area (Å²) in [7, 11) is 0. The second kappa shape index (κ2) is 22.4. The number of aryl methyl sites for hydroxylation is 1. The van der Waals surface area contributed by atoms with E-state index in [0.717, 1.165) is 76.1 Å². The number of aliphatic hydroxyl groups is 1. The Morgan fingerprint density at radius 3 is 2.26 bits per heavy atom. The van der Waals surface area contributed by atoms with Crippen LogP contribution in [0.15, 0.2) is 71.7 Å². The molecule has 3 heterocycles. The highest BCUT2D eigenvalue weighted by molar-refractivity contribution is 7.13. The van der Waals surface area contributed by atoms with E-state index in [0.29, 0.717) is 32.3 Å². The van der Waals surface area contributed by atoms with E-state index < -0.39 is 46.9 Å². The summed E-state index contributed by atoms with van der Waals surface area (Å²) in [6.45, 7) is 13.2. The molecule has 0 radical (unpaired) electrons. The number of carbonyl (C=O) groups is 3. The number of benzene rings is 3. The van der Waals surface area contributed by atoms with Gasteiger partial charge in [0.1, 0.15) is 35.1 Å². The third kappa shape index (κ3) is 12.8. The lowest BCUT2D eigenvalue weighted by Gasteiger charge is -2.44. The zero-order valence-electron chi connectivity index (χ0n) is 41.3. The number of unbranched alkanes of at least 4 members (excludes halogenated alkanes) is 6. The number of rotatable bonds is 20. The SMILES string of the molecule is Cc1ncsc1-c1ccc(CNC(=O)[C@@H]2C[C@@H](O)CN2C(=O)[C@@H](NC(=O)CCCCCCCCCOc2cc(F)c([C@@H]3C4=C(C[C@@H](C)N3CC(C)(C)F)c3ccccc3C4)c(F)c2)C(C)(C)C)cc1. The Kier molecular flexibility index (Phi) is 16.8. The fraction of sp³-hybridized carbons (Fsp3) is 0.527. The normalized spacial score (nSPS) is 19.9. The number of alkyl halides is 1. The van der Waals surface area contributed by atoms with Gasteiger partial charge in [0.25, 0.3) is 0 Å². The quantitative estimate of drug-likeness (QED) is 0.0754. The van der Waals surface area contributed by atoms with Crippen LogP contribution in [0.2, 0.25) is 0 Å². The number of nitrogens with one attached hydrogen (secondary N) is 2. The standard InChI is InChI=1S/C55H70F3N5O5S/c1-34-25-42-41-18-15-14-17-38(41)26-43(42)49(63(34)32-55(6,7)58)48-44(56)28-40(29-45(48)57)68-24-16-12-10-8-9-11-13-19-47(65)61-51(54(3,4)5)53(67)62-31-39(64)27-46(62)52(66)59-30-36-20-22-37(23-21-36)50-35(2)60-33-69-50/h14-15,17-18,20-23,28-29,33-34,39,46,49,51,64H,8-13,16,19,24-27,30-32H2,1-7H3,(H,59,66)(H,61,65)/t34-,39-,46+,49+,51-/m1/s1. The number of aromatic nitrogens is 1. The van der Waals surface area contributed by atoms with Crippen molar-refractivity contribution in [1.29, 1.82) is 0 Å². The highest BCUT2D eigenvalue weighted by Gasteiger charge is 2.45. The first-order chi connectivity index (χ1) is 32.8. The number of hydrogen-bond donors (Lipinski definition) is 3. The van der Waals surface area contributed by atoms with Gasteiger partial charge in [-0.1, -0.05) is 101 Å². The van der Waals surface area contributed by atoms with E-state index in [-0.39, 0.29) is 67.6 Å². The maximum Gasteiger partial charge on any atom is 0.246 e. The van der Waals surface area contributed by atoms with Crippen LogP contribution in [0.4, 0.5) is 13.2 Å². The summed E-state index contributed by atoms with van der Waals surface area (Å²) in [5, 5.41) is 16.5. The van der Waals surface area contributed by atoms with Gasteiger partial charge >= 0.3 is 0 Å². The zero-order chi connectivity index (χ0) is 49.6. The van der Waals surface area contributed by atoms with Crippen LogP contribution in [-0.2, 0) is 27.3 Å². The molecule has 1 aliphatic carbocycles. The first-order valence-corrected chi connectivity index (χ1v) is 25.6. The fourth-order valence-corrected chi connectivity index (χ4v) is 11.0. The van der Waals surface area contributed by atoms with Gasteiger partial charge in [0.2, 0.25) is 17.7 Å². The number of carbonyl (C=O) groups excluding carboxylic acids is 3. The summed E-state index contributed by atoms with van der Waals surface area (Å²) in [6, 6.07) is 15.9. The second-order valence-corrected chi connectivity index (χ2v) is 21.9. The van der Waals surface area contributed by atoms with Gasteiger partial charge in [-0.15, -0.1) is 11.3 Å². The van der Waals surface area contributed by atoms with Crippen LogP contribution in [0.5, 0.6) is 5.75 Å². The van der Waals surface area contributed by atoms with Crippen molar-refractivity contribution in [2.45, 2.75) is 162 Å². The topological polar surface area (TPSA) is 124 Å². The van der Waals surface area contributed by atoms with E-state index in [4.69, 9.17) is 4.74 Å². The number of halogens is 3. The third-order valence-corrected chi connectivity index (χ3v) is 14.7. The molecule has 69 heavy (non-hydrogen) atoms. The predicted molar refractivity (Wildman–Crippen MR) is 266 cm³/mol. The van der Waals surface area contributed by atoms with Crippen molar-refractivity contribution in [3.8, 4) is 16.2 Å². The fourth-order valence-electron chi connectivity index (χ4n) is 10.2. The van der Waals surface area contributed by atoms with Gasteiger partial charge in [-0.3, -0.25) is 19.3 Å². The summed E-state index contributed by atoms with van der Waals surface area (Å²) >= 11 is 1.57. The molecule has 10 nitrogen and oxygen atoms in total. The molecular formula is C55H70F3N5O5S. The van der Waals surface area contributed by atoms with Crippen LogP contribution in [0.25, 0.3) is 16.0 Å². The smallest absolute Gasteiger partial charge is 0.246 e. The lowest BCUT2D eigenvalue weighted by Crippen LogP contribution is -2.57. The van der Waals surface area contributed by atoms with Crippen LogP contribution in [-0.4, -0.2) is 87.2 Å². The van der Waals surface area contributed by atoms with Gasteiger partial charge in [0, 0.05) is 56.2 Å². The van der Waals surface area contributed by atoms with Crippen molar-refractivity contribution in [1.82, 2.24) is 25.4 Å². The molecule has 5 atom stereocenters. The molecule has 0 unspecified atom stereocenters. The first-order valence-electron chi connectivity index (χ1n) is 24.7. The lowest BCUT2D eigenvalue weighted by molar-refractivity contribution is -0.144. The third-order valence-electron chi connectivity index (χ3n) is 13.8. The van der Waals surface area contributed by atoms with Crippen molar-refractivity contribution in [3.05, 3.63) is 111 Å². The van der Waals surface area contributed by atoms with E-state index in [2.05, 4.69) is 27.8 Å². The van der Waals surface area contributed by atoms with Gasteiger partial charge in [0.05, 0.1) is 34.8 Å². The van der Waals surface area contributed by atoms with Crippen molar-refractivity contribution in [2.75, 3.05) is 19.7 Å². The van der Waals surface area contributed by atoms with Crippen molar-refractivity contribution < 1.29 is 37.4 Å². The van der Waals surface area contributed by atoms with Crippen molar-refractivity contribution in [2.24, 2.45) is 5.41 Å². The number of hydrogen-bond acceptors (Lipinski definition) is 8. The summed E-state index contributed by atoms with van der Waals surface area (Å²) in [5.74, 6) is -2.24.